The first-order valence-electron chi connectivity index (χ1n) is 8.17. The molecule has 0 heterocycles. The Kier molecular flexibility index (Phi) is 9.04. The van der Waals surface area contributed by atoms with Gasteiger partial charge in [0, 0.05) is 25.8 Å². The molecule has 1 aromatic rings. The summed E-state index contributed by atoms with van der Waals surface area (Å²) in [5, 5.41) is 2.86. The Morgan fingerprint density at radius 2 is 2.04 bits per heavy atom. The van der Waals surface area contributed by atoms with E-state index in [-0.39, 0.29) is 11.7 Å². The van der Waals surface area contributed by atoms with Crippen molar-refractivity contribution in [1.82, 2.24) is 10.2 Å². The van der Waals surface area contributed by atoms with E-state index in [0.717, 1.165) is 19.5 Å². The van der Waals surface area contributed by atoms with Gasteiger partial charge in [-0.3, -0.25) is 9.59 Å². The Morgan fingerprint density at radius 3 is 2.71 bits per heavy atom. The van der Waals surface area contributed by atoms with Gasteiger partial charge in [0.05, 0.1) is 6.61 Å². The van der Waals surface area contributed by atoms with E-state index in [1.807, 2.05) is 7.05 Å². The number of nitrogens with zero attached hydrogens (tertiary/aromatic N) is 1. The Hall–Kier alpha value is -1.92. The summed E-state index contributed by atoms with van der Waals surface area (Å²) < 4.78 is 10.6. The number of benzene rings is 1. The lowest BCUT2D eigenvalue weighted by Gasteiger charge is -2.17. The smallest absolute Gasteiger partial charge is 0.260 e. The highest BCUT2D eigenvalue weighted by Crippen LogP contribution is 2.15. The van der Waals surface area contributed by atoms with E-state index in [4.69, 9.17) is 9.47 Å². The quantitative estimate of drug-likeness (QED) is 0.492. The molecule has 0 aliphatic rings. The first-order valence-corrected chi connectivity index (χ1v) is 8.17. The summed E-state index contributed by atoms with van der Waals surface area (Å²) in [5.74, 6) is 0.322. The number of hydrogen-bond donors (Lipinski definition) is 1. The number of ketones is 1. The molecule has 0 unspecified atom stereocenters. The fourth-order valence-electron chi connectivity index (χ4n) is 2.11. The highest BCUT2D eigenvalue weighted by Gasteiger charge is 2.14. The van der Waals surface area contributed by atoms with Gasteiger partial charge in [-0.2, -0.15) is 0 Å². The maximum atomic E-state index is 12.0. The van der Waals surface area contributed by atoms with E-state index in [9.17, 15) is 9.59 Å². The third-order valence-corrected chi connectivity index (χ3v) is 3.62. The van der Waals surface area contributed by atoms with Crippen LogP contribution in [0.15, 0.2) is 24.3 Å². The summed E-state index contributed by atoms with van der Waals surface area (Å²) >= 11 is 0. The molecule has 1 N–H and O–H groups in total. The summed E-state index contributed by atoms with van der Waals surface area (Å²) in [5.41, 5.74) is 0.569. The summed E-state index contributed by atoms with van der Waals surface area (Å²) in [7, 11) is 3.70. The number of Topliss-reactive ketones (excluding diaryl/α,β-unsaturated/α-hetero) is 1. The minimum atomic E-state index is -0.613. The summed E-state index contributed by atoms with van der Waals surface area (Å²) in [6, 6.07) is 6.85. The summed E-state index contributed by atoms with van der Waals surface area (Å²) in [6.07, 6.45) is 0.247. The van der Waals surface area contributed by atoms with Crippen molar-refractivity contribution in [1.29, 1.82) is 0 Å². The van der Waals surface area contributed by atoms with Gasteiger partial charge in [-0.25, -0.2) is 0 Å². The standard InChI is InChI=1S/C18H28N2O4/c1-14(21)16-7-5-8-17(13-16)24-15(2)18(22)19-9-6-10-20(3)11-12-23-4/h5,7-8,13,15H,6,9-12H2,1-4H3,(H,19,22)/t15-/m1/s1. The van der Waals surface area contributed by atoms with Crippen LogP contribution in [0, 0.1) is 0 Å². The van der Waals surface area contributed by atoms with Gasteiger partial charge in [0.2, 0.25) is 0 Å². The lowest BCUT2D eigenvalue weighted by Crippen LogP contribution is -2.37. The Morgan fingerprint density at radius 1 is 1.29 bits per heavy atom. The van der Waals surface area contributed by atoms with Crippen LogP contribution in [-0.2, 0) is 9.53 Å². The third kappa shape index (κ3) is 7.57. The lowest BCUT2D eigenvalue weighted by atomic mass is 10.1. The normalized spacial score (nSPS) is 12.0. The average Bonchev–Trinajstić information content (AvgIpc) is 2.56. The van der Waals surface area contributed by atoms with E-state index in [1.54, 1.807) is 38.3 Å². The zero-order valence-corrected chi connectivity index (χ0v) is 15.0. The van der Waals surface area contributed by atoms with Crippen LogP contribution in [0.1, 0.15) is 30.6 Å². The van der Waals surface area contributed by atoms with Crippen LogP contribution in [0.3, 0.4) is 0 Å². The van der Waals surface area contributed by atoms with E-state index >= 15 is 0 Å². The highest BCUT2D eigenvalue weighted by atomic mass is 16.5. The molecule has 0 aliphatic carbocycles. The molecule has 0 fully saturated rings. The molecular weight excluding hydrogens is 308 g/mol. The fraction of sp³-hybridized carbons (Fsp3) is 0.556. The molecule has 1 rings (SSSR count). The van der Waals surface area contributed by atoms with Gasteiger partial charge in [-0.05, 0) is 46.0 Å². The molecule has 0 aliphatic heterocycles. The Bertz CT molecular complexity index is 534. The van der Waals surface area contributed by atoms with Gasteiger partial charge < -0.3 is 19.7 Å². The second kappa shape index (κ2) is 10.8. The molecule has 0 radical (unpaired) electrons. The lowest BCUT2D eigenvalue weighted by molar-refractivity contribution is -0.127. The Balaban J connectivity index is 2.32. The molecule has 0 bridgehead atoms. The largest absolute Gasteiger partial charge is 0.481 e. The zero-order chi connectivity index (χ0) is 17.9. The molecule has 134 valence electrons. The minimum Gasteiger partial charge on any atom is -0.481 e. The van der Waals surface area contributed by atoms with E-state index in [0.29, 0.717) is 24.5 Å². The average molecular weight is 336 g/mol. The number of nitrogens with one attached hydrogen (secondary N) is 1. The molecule has 0 saturated carbocycles. The van der Waals surface area contributed by atoms with Crippen molar-refractivity contribution in [2.24, 2.45) is 0 Å². The number of carbonyl (C=O) groups excluding carboxylic acids is 2. The van der Waals surface area contributed by atoms with Crippen LogP contribution in [0.5, 0.6) is 5.75 Å². The molecule has 0 aromatic heterocycles. The number of likely N-dealkylation sites (N-methyl/N-ethyl adjacent to an activating group) is 1. The van der Waals surface area contributed by atoms with E-state index < -0.39 is 6.10 Å². The number of amides is 1. The molecule has 0 spiro atoms. The van der Waals surface area contributed by atoms with Crippen LogP contribution in [0.25, 0.3) is 0 Å². The van der Waals surface area contributed by atoms with Crippen molar-refractivity contribution >= 4 is 11.7 Å². The monoisotopic (exact) mass is 336 g/mol. The summed E-state index contributed by atoms with van der Waals surface area (Å²) in [6.45, 7) is 6.25. The van der Waals surface area contributed by atoms with E-state index in [1.165, 1.54) is 6.92 Å². The van der Waals surface area contributed by atoms with Gasteiger partial charge >= 0.3 is 0 Å². The van der Waals surface area contributed by atoms with Crippen molar-refractivity contribution in [3.05, 3.63) is 29.8 Å². The van der Waals surface area contributed by atoms with E-state index in [2.05, 4.69) is 10.2 Å². The van der Waals surface area contributed by atoms with Gasteiger partial charge in [-0.1, -0.05) is 12.1 Å². The number of methoxy groups -OCH3 is 1. The molecule has 1 amide bonds. The van der Waals surface area contributed by atoms with Crippen LogP contribution in [0.2, 0.25) is 0 Å². The van der Waals surface area contributed by atoms with Gasteiger partial charge in [0.15, 0.2) is 11.9 Å². The predicted octanol–water partition coefficient (Wildman–Crippen LogP) is 1.74. The molecule has 24 heavy (non-hydrogen) atoms. The van der Waals surface area contributed by atoms with Gasteiger partial charge in [0.25, 0.3) is 5.91 Å². The van der Waals surface area contributed by atoms with Crippen LogP contribution >= 0.6 is 0 Å². The highest BCUT2D eigenvalue weighted by molar-refractivity contribution is 5.94. The molecule has 1 atom stereocenters. The minimum absolute atomic E-state index is 0.0323. The molecule has 0 saturated heterocycles. The van der Waals surface area contributed by atoms with Crippen LogP contribution < -0.4 is 10.1 Å². The van der Waals surface area contributed by atoms with Crippen molar-refractivity contribution in [2.45, 2.75) is 26.4 Å². The SMILES string of the molecule is COCCN(C)CCCNC(=O)[C@@H](C)Oc1cccc(C(C)=O)c1. The van der Waals surface area contributed by atoms with Crippen molar-refractivity contribution in [3.63, 3.8) is 0 Å². The number of carbonyl (C=O) groups is 2. The number of ether oxygens (including phenoxy) is 2. The molecule has 1 aromatic carbocycles. The Labute approximate surface area is 144 Å². The number of hydrogen-bond acceptors (Lipinski definition) is 5. The molecule has 6 heteroatoms. The maximum absolute atomic E-state index is 12.0. The fourth-order valence-corrected chi connectivity index (χ4v) is 2.11. The third-order valence-electron chi connectivity index (χ3n) is 3.62. The summed E-state index contributed by atoms with van der Waals surface area (Å²) in [4.78, 5) is 25.6. The second-order valence-electron chi connectivity index (χ2n) is 5.78. The second-order valence-corrected chi connectivity index (χ2v) is 5.78. The first kappa shape index (κ1) is 20.1. The van der Waals surface area contributed by atoms with Crippen molar-refractivity contribution in [3.8, 4) is 5.75 Å². The zero-order valence-electron chi connectivity index (χ0n) is 15.0. The topological polar surface area (TPSA) is 67.9 Å². The molecular formula is C18H28N2O4. The van der Waals surface area contributed by atoms with Gasteiger partial charge in [0.1, 0.15) is 5.75 Å². The van der Waals surface area contributed by atoms with Crippen LogP contribution in [0.4, 0.5) is 0 Å². The van der Waals surface area contributed by atoms with Gasteiger partial charge in [-0.15, -0.1) is 0 Å². The first-order chi connectivity index (χ1) is 11.4. The number of rotatable bonds is 11. The van der Waals surface area contributed by atoms with Crippen molar-refractivity contribution in [2.75, 3.05) is 40.4 Å². The van der Waals surface area contributed by atoms with Crippen LogP contribution in [-0.4, -0.2) is 63.1 Å². The molecule has 6 nitrogen and oxygen atoms in total. The predicted molar refractivity (Wildman–Crippen MR) is 93.5 cm³/mol. The maximum Gasteiger partial charge on any atom is 0.260 e. The van der Waals surface area contributed by atoms with Crippen molar-refractivity contribution < 1.29 is 19.1 Å².